The number of carbonyl (C=O) groups is 1. The fourth-order valence-corrected chi connectivity index (χ4v) is 4.15. The van der Waals surface area contributed by atoms with Crippen LogP contribution in [0, 0.1) is 0 Å². The van der Waals surface area contributed by atoms with Gasteiger partial charge in [0.15, 0.2) is 0 Å². The average molecular weight is 353 g/mol. The fourth-order valence-electron chi connectivity index (χ4n) is 3.11. The third-order valence-electron chi connectivity index (χ3n) is 4.20. The van der Waals surface area contributed by atoms with Crippen LogP contribution in [0.4, 0.5) is 5.69 Å². The number of carbonyl (C=O) groups excluding carboxylic acids is 1. The van der Waals surface area contributed by atoms with Crippen LogP contribution in [0.2, 0.25) is 0 Å². The molecule has 130 valence electrons. The van der Waals surface area contributed by atoms with E-state index in [4.69, 9.17) is 10.7 Å². The van der Waals surface area contributed by atoms with Crippen molar-refractivity contribution in [2.75, 3.05) is 5.73 Å². The quantitative estimate of drug-likeness (QED) is 0.732. The molecule has 0 bridgehead atoms. The maximum atomic E-state index is 13.0. The van der Waals surface area contributed by atoms with Gasteiger partial charge >= 0.3 is 0 Å². The smallest absolute Gasteiger partial charge is 0.266 e. The van der Waals surface area contributed by atoms with Crippen molar-refractivity contribution < 1.29 is 4.79 Å². The first-order valence-corrected chi connectivity index (χ1v) is 9.29. The van der Waals surface area contributed by atoms with Gasteiger partial charge in [-0.05, 0) is 39.8 Å². The van der Waals surface area contributed by atoms with E-state index >= 15 is 0 Å². The maximum absolute atomic E-state index is 13.0. The minimum absolute atomic E-state index is 0.0215. The number of hydrogen-bond acceptors (Lipinski definition) is 4. The van der Waals surface area contributed by atoms with Crippen molar-refractivity contribution in [1.29, 1.82) is 0 Å². The predicted octanol–water partition coefficient (Wildman–Crippen LogP) is 4.80. The van der Waals surface area contributed by atoms with E-state index in [9.17, 15) is 4.79 Å². The minimum atomic E-state index is -0.0215. The summed E-state index contributed by atoms with van der Waals surface area (Å²) in [6.45, 7) is 8.08. The van der Waals surface area contributed by atoms with E-state index in [1.54, 1.807) is 0 Å². The highest BCUT2D eigenvalue weighted by Gasteiger charge is 2.26. The Morgan fingerprint density at radius 2 is 1.68 bits per heavy atom. The molecular formula is C20H23N3OS. The molecule has 2 aromatic heterocycles. The number of fused-ring (bicyclic) bond motifs is 1. The van der Waals surface area contributed by atoms with E-state index in [0.29, 0.717) is 10.6 Å². The van der Waals surface area contributed by atoms with Crippen molar-refractivity contribution in [2.24, 2.45) is 0 Å². The number of nitrogens with zero attached hydrogens (tertiary/aromatic N) is 2. The molecule has 0 aliphatic carbocycles. The summed E-state index contributed by atoms with van der Waals surface area (Å²) < 4.78 is 0. The van der Waals surface area contributed by atoms with Gasteiger partial charge < -0.3 is 10.6 Å². The standard InChI is InChI=1S/C20H23N3OS/c1-12(2)23(13(3)4)20(24)18-17(21)15-10-11-16(22-19(15)25-18)14-8-6-5-7-9-14/h5-13H,21H2,1-4H3. The third kappa shape index (κ3) is 3.24. The number of nitrogens with two attached hydrogens (primary N) is 1. The lowest BCUT2D eigenvalue weighted by Gasteiger charge is -2.30. The number of nitrogen functional groups attached to an aromatic ring is 1. The Morgan fingerprint density at radius 1 is 1.04 bits per heavy atom. The molecule has 0 spiro atoms. The van der Waals surface area contributed by atoms with Crippen molar-refractivity contribution >= 4 is 33.1 Å². The highest BCUT2D eigenvalue weighted by molar-refractivity contribution is 7.21. The topological polar surface area (TPSA) is 59.2 Å². The van der Waals surface area contributed by atoms with Crippen LogP contribution >= 0.6 is 11.3 Å². The second kappa shape index (κ2) is 6.84. The lowest BCUT2D eigenvalue weighted by Crippen LogP contribution is -2.41. The van der Waals surface area contributed by atoms with Crippen LogP contribution in [0.25, 0.3) is 21.5 Å². The summed E-state index contributed by atoms with van der Waals surface area (Å²) in [7, 11) is 0. The van der Waals surface area contributed by atoms with Gasteiger partial charge in [-0.15, -0.1) is 11.3 Å². The van der Waals surface area contributed by atoms with Crippen LogP contribution in [-0.2, 0) is 0 Å². The largest absolute Gasteiger partial charge is 0.397 e. The van der Waals surface area contributed by atoms with Crippen molar-refractivity contribution in [3.63, 3.8) is 0 Å². The molecule has 1 aromatic carbocycles. The summed E-state index contributed by atoms with van der Waals surface area (Å²) in [5, 5.41) is 0.848. The van der Waals surface area contributed by atoms with Crippen LogP contribution in [0.1, 0.15) is 37.4 Å². The molecule has 5 heteroatoms. The van der Waals surface area contributed by atoms with Crippen molar-refractivity contribution in [3.8, 4) is 11.3 Å². The van der Waals surface area contributed by atoms with Gasteiger partial charge in [-0.3, -0.25) is 4.79 Å². The molecular weight excluding hydrogens is 330 g/mol. The SMILES string of the molecule is CC(C)N(C(=O)c1sc2nc(-c3ccccc3)ccc2c1N)C(C)C. The highest BCUT2D eigenvalue weighted by atomic mass is 32.1. The Balaban J connectivity index is 2.06. The zero-order valence-electron chi connectivity index (χ0n) is 15.0. The second-order valence-corrected chi connectivity index (χ2v) is 7.66. The normalized spacial score (nSPS) is 11.4. The van der Waals surface area contributed by atoms with Crippen molar-refractivity contribution in [3.05, 3.63) is 47.3 Å². The van der Waals surface area contributed by atoms with Crippen molar-refractivity contribution in [1.82, 2.24) is 9.88 Å². The third-order valence-corrected chi connectivity index (χ3v) is 5.31. The lowest BCUT2D eigenvalue weighted by molar-refractivity contribution is 0.0650. The monoisotopic (exact) mass is 353 g/mol. The molecule has 2 heterocycles. The predicted molar refractivity (Wildman–Crippen MR) is 106 cm³/mol. The van der Waals surface area contributed by atoms with Gasteiger partial charge in [0.05, 0.1) is 11.4 Å². The molecule has 0 atom stereocenters. The van der Waals surface area contributed by atoms with Gasteiger partial charge in [0.2, 0.25) is 0 Å². The molecule has 2 N–H and O–H groups in total. The van der Waals surface area contributed by atoms with E-state index in [0.717, 1.165) is 21.5 Å². The summed E-state index contributed by atoms with van der Waals surface area (Å²) >= 11 is 1.38. The molecule has 0 unspecified atom stereocenters. The van der Waals surface area contributed by atoms with E-state index in [1.807, 2.05) is 75.1 Å². The number of hydrogen-bond donors (Lipinski definition) is 1. The van der Waals surface area contributed by atoms with Crippen LogP contribution in [0.5, 0.6) is 0 Å². The molecule has 0 saturated heterocycles. The Kier molecular flexibility index (Phi) is 4.77. The molecule has 1 amide bonds. The summed E-state index contributed by atoms with van der Waals surface area (Å²) in [6.07, 6.45) is 0. The van der Waals surface area contributed by atoms with Gasteiger partial charge in [0.25, 0.3) is 5.91 Å². The molecule has 0 saturated carbocycles. The molecule has 0 aliphatic heterocycles. The Bertz CT molecular complexity index is 892. The van der Waals surface area contributed by atoms with Gasteiger partial charge in [-0.1, -0.05) is 30.3 Å². The van der Waals surface area contributed by atoms with Crippen LogP contribution < -0.4 is 5.73 Å². The zero-order chi connectivity index (χ0) is 18.1. The number of anilines is 1. The van der Waals surface area contributed by atoms with Crippen molar-refractivity contribution in [2.45, 2.75) is 39.8 Å². The molecule has 0 aliphatic rings. The number of rotatable bonds is 4. The first kappa shape index (κ1) is 17.4. The molecule has 4 nitrogen and oxygen atoms in total. The number of benzene rings is 1. The molecule has 3 rings (SSSR count). The summed E-state index contributed by atoms with van der Waals surface area (Å²) in [5.41, 5.74) is 8.76. The Hall–Kier alpha value is -2.40. The first-order chi connectivity index (χ1) is 11.9. The van der Waals surface area contributed by atoms with Crippen LogP contribution in [-0.4, -0.2) is 27.9 Å². The number of amides is 1. The molecule has 25 heavy (non-hydrogen) atoms. The molecule has 0 radical (unpaired) electrons. The fraction of sp³-hybridized carbons (Fsp3) is 0.300. The van der Waals surface area contributed by atoms with E-state index in [1.165, 1.54) is 11.3 Å². The average Bonchev–Trinajstić information content (AvgIpc) is 2.91. The van der Waals surface area contributed by atoms with Crippen LogP contribution in [0.3, 0.4) is 0 Å². The van der Waals surface area contributed by atoms with E-state index in [2.05, 4.69) is 0 Å². The number of pyridine rings is 1. The zero-order valence-corrected chi connectivity index (χ0v) is 15.8. The first-order valence-electron chi connectivity index (χ1n) is 8.47. The lowest BCUT2D eigenvalue weighted by atomic mass is 10.1. The van der Waals surface area contributed by atoms with Gasteiger partial charge in [-0.25, -0.2) is 4.98 Å². The highest BCUT2D eigenvalue weighted by Crippen LogP contribution is 2.35. The van der Waals surface area contributed by atoms with Crippen LogP contribution in [0.15, 0.2) is 42.5 Å². The maximum Gasteiger partial charge on any atom is 0.266 e. The summed E-state index contributed by atoms with van der Waals surface area (Å²) in [6, 6.07) is 14.2. The molecule has 0 fully saturated rings. The van der Waals surface area contributed by atoms with Gasteiger partial charge in [0, 0.05) is 23.0 Å². The van der Waals surface area contributed by atoms with E-state index < -0.39 is 0 Å². The summed E-state index contributed by atoms with van der Waals surface area (Å²) in [4.78, 5) is 21.0. The molecule has 3 aromatic rings. The minimum Gasteiger partial charge on any atom is -0.397 e. The Morgan fingerprint density at radius 3 is 2.28 bits per heavy atom. The number of aromatic nitrogens is 1. The summed E-state index contributed by atoms with van der Waals surface area (Å²) in [5.74, 6) is -0.0215. The van der Waals surface area contributed by atoms with E-state index in [-0.39, 0.29) is 18.0 Å². The van der Waals surface area contributed by atoms with Gasteiger partial charge in [0.1, 0.15) is 9.71 Å². The number of thiophene rings is 1. The van der Waals surface area contributed by atoms with Gasteiger partial charge in [-0.2, -0.15) is 0 Å². The second-order valence-electron chi connectivity index (χ2n) is 6.66. The Labute approximate surface area is 152 Å².